The lowest BCUT2D eigenvalue weighted by Crippen LogP contribution is -1.95. The van der Waals surface area contributed by atoms with E-state index in [4.69, 9.17) is 16.7 Å². The monoisotopic (exact) mass is 299 g/mol. The third kappa shape index (κ3) is 3.41. The van der Waals surface area contributed by atoms with E-state index in [1.807, 2.05) is 0 Å². The number of benzene rings is 2. The first-order valence-electron chi connectivity index (χ1n) is 5.95. The van der Waals surface area contributed by atoms with Crippen LogP contribution in [0.2, 0.25) is 5.02 Å². The van der Waals surface area contributed by atoms with Gasteiger partial charge >= 0.3 is 5.97 Å². The molecule has 0 saturated carbocycles. The molecule has 0 bridgehead atoms. The molecule has 0 spiro atoms. The van der Waals surface area contributed by atoms with Gasteiger partial charge in [0.05, 0.1) is 22.2 Å². The number of carboxylic acids is 1. The molecule has 0 unspecified atom stereocenters. The third-order valence-corrected chi connectivity index (χ3v) is 3.15. The molecule has 0 aliphatic rings. The highest BCUT2D eigenvalue weighted by molar-refractivity contribution is 6.32. The maximum absolute atomic E-state index is 10.8. The van der Waals surface area contributed by atoms with Crippen LogP contribution in [-0.2, 0) is 0 Å². The maximum atomic E-state index is 10.8. The molecule has 0 amide bonds. The molecule has 0 aliphatic heterocycles. The molecule has 2 N–H and O–H groups in total. The van der Waals surface area contributed by atoms with E-state index < -0.39 is 5.97 Å². The fourth-order valence-corrected chi connectivity index (χ4v) is 1.94. The lowest BCUT2D eigenvalue weighted by atomic mass is 10.0. The molecule has 4 nitrogen and oxygen atoms in total. The number of nitriles is 1. The molecule has 0 fully saturated rings. The lowest BCUT2D eigenvalue weighted by molar-refractivity contribution is 0.0697. The van der Waals surface area contributed by atoms with Crippen LogP contribution in [0.4, 0.5) is 0 Å². The second-order valence-corrected chi connectivity index (χ2v) is 4.67. The summed E-state index contributed by atoms with van der Waals surface area (Å²) in [5, 5.41) is 27.6. The van der Waals surface area contributed by atoms with Crippen LogP contribution < -0.4 is 0 Å². The molecule has 0 saturated heterocycles. The number of halogens is 1. The molecule has 0 radical (unpaired) electrons. The van der Waals surface area contributed by atoms with Gasteiger partial charge in [0, 0.05) is 0 Å². The number of rotatable bonds is 3. The largest absolute Gasteiger partial charge is 0.506 e. The zero-order chi connectivity index (χ0) is 15.4. The molecule has 2 aromatic rings. The van der Waals surface area contributed by atoms with E-state index in [-0.39, 0.29) is 16.3 Å². The molecule has 0 aliphatic carbocycles. The van der Waals surface area contributed by atoms with Crippen molar-refractivity contribution in [1.29, 1.82) is 5.26 Å². The van der Waals surface area contributed by atoms with E-state index in [0.29, 0.717) is 16.7 Å². The molecule has 2 aromatic carbocycles. The number of aromatic carboxylic acids is 1. The molecule has 0 aromatic heterocycles. The summed E-state index contributed by atoms with van der Waals surface area (Å²) in [5.74, 6) is -1.05. The minimum atomic E-state index is -1.02. The van der Waals surface area contributed by atoms with E-state index in [9.17, 15) is 15.2 Å². The minimum absolute atomic E-state index is 0.0295. The van der Waals surface area contributed by atoms with Gasteiger partial charge in [-0.15, -0.1) is 0 Å². The van der Waals surface area contributed by atoms with Gasteiger partial charge in [0.25, 0.3) is 0 Å². The van der Waals surface area contributed by atoms with Crippen molar-refractivity contribution in [3.63, 3.8) is 0 Å². The number of aromatic hydroxyl groups is 1. The van der Waals surface area contributed by atoms with Gasteiger partial charge in [0.2, 0.25) is 0 Å². The topological polar surface area (TPSA) is 81.3 Å². The summed E-state index contributed by atoms with van der Waals surface area (Å²) in [5.41, 5.74) is 1.79. The number of phenolic OH excluding ortho intramolecular Hbond substituents is 1. The van der Waals surface area contributed by atoms with Crippen molar-refractivity contribution in [1.82, 2.24) is 0 Å². The lowest BCUT2D eigenvalue weighted by Gasteiger charge is -2.02. The Kier molecular flexibility index (Phi) is 4.27. The molecule has 21 heavy (non-hydrogen) atoms. The van der Waals surface area contributed by atoms with Gasteiger partial charge in [0.15, 0.2) is 0 Å². The first-order valence-corrected chi connectivity index (χ1v) is 6.33. The Bertz CT molecular complexity index is 758. The van der Waals surface area contributed by atoms with Crippen molar-refractivity contribution in [2.75, 3.05) is 0 Å². The summed E-state index contributed by atoms with van der Waals surface area (Å²) in [6.45, 7) is 0. The number of nitrogens with zero attached hydrogens (tertiary/aromatic N) is 1. The van der Waals surface area contributed by atoms with Crippen molar-refractivity contribution in [3.8, 4) is 11.8 Å². The standard InChI is InChI=1S/C16H10ClNO3/c17-14-8-10(1-6-15(14)19)7-13(9-18)11-2-4-12(5-3-11)16(20)21/h1-8,19H,(H,20,21)/b13-7-. The van der Waals surface area contributed by atoms with Gasteiger partial charge < -0.3 is 10.2 Å². The van der Waals surface area contributed by atoms with Crippen molar-refractivity contribution < 1.29 is 15.0 Å². The minimum Gasteiger partial charge on any atom is -0.506 e. The zero-order valence-electron chi connectivity index (χ0n) is 10.7. The van der Waals surface area contributed by atoms with Gasteiger partial charge in [-0.1, -0.05) is 29.8 Å². The van der Waals surface area contributed by atoms with Crippen LogP contribution in [-0.4, -0.2) is 16.2 Å². The van der Waals surface area contributed by atoms with Crippen LogP contribution in [0.15, 0.2) is 42.5 Å². The van der Waals surface area contributed by atoms with Crippen LogP contribution >= 0.6 is 11.6 Å². The van der Waals surface area contributed by atoms with Crippen LogP contribution in [0.25, 0.3) is 11.6 Å². The highest BCUT2D eigenvalue weighted by atomic mass is 35.5. The SMILES string of the molecule is N#C/C(=C/c1ccc(O)c(Cl)c1)c1ccc(C(=O)O)cc1. The average molecular weight is 300 g/mol. The highest BCUT2D eigenvalue weighted by Crippen LogP contribution is 2.26. The molecule has 0 atom stereocenters. The van der Waals surface area contributed by atoms with Crippen LogP contribution in [0.5, 0.6) is 5.75 Å². The van der Waals surface area contributed by atoms with Crippen molar-refractivity contribution >= 4 is 29.2 Å². The van der Waals surface area contributed by atoms with Crippen LogP contribution in [0.1, 0.15) is 21.5 Å². The van der Waals surface area contributed by atoms with Crippen molar-refractivity contribution in [2.45, 2.75) is 0 Å². The van der Waals surface area contributed by atoms with Gasteiger partial charge in [-0.05, 0) is 41.5 Å². The second kappa shape index (κ2) is 6.12. The van der Waals surface area contributed by atoms with E-state index in [1.165, 1.54) is 18.2 Å². The predicted octanol–water partition coefficient (Wildman–Crippen LogP) is 3.81. The predicted molar refractivity (Wildman–Crippen MR) is 80.0 cm³/mol. The number of allylic oxidation sites excluding steroid dienone is 1. The summed E-state index contributed by atoms with van der Waals surface area (Å²) >= 11 is 5.81. The molecule has 104 valence electrons. The smallest absolute Gasteiger partial charge is 0.335 e. The van der Waals surface area contributed by atoms with Gasteiger partial charge in [0.1, 0.15) is 5.75 Å². The van der Waals surface area contributed by atoms with Gasteiger partial charge in [-0.3, -0.25) is 0 Å². The first kappa shape index (κ1) is 14.6. The Hall–Kier alpha value is -2.77. The van der Waals surface area contributed by atoms with Crippen molar-refractivity contribution in [2.24, 2.45) is 0 Å². The first-order chi connectivity index (χ1) is 10.0. The Balaban J connectivity index is 2.39. The van der Waals surface area contributed by atoms with Gasteiger partial charge in [-0.25, -0.2) is 4.79 Å². The number of carbonyl (C=O) groups is 1. The summed E-state index contributed by atoms with van der Waals surface area (Å²) in [4.78, 5) is 10.8. The van der Waals surface area contributed by atoms with E-state index >= 15 is 0 Å². The number of hydrogen-bond acceptors (Lipinski definition) is 3. The normalized spacial score (nSPS) is 11.0. The fraction of sp³-hybridized carbons (Fsp3) is 0. The summed E-state index contributed by atoms with van der Waals surface area (Å²) in [7, 11) is 0. The summed E-state index contributed by atoms with van der Waals surface area (Å²) in [6.07, 6.45) is 1.61. The maximum Gasteiger partial charge on any atom is 0.335 e. The van der Waals surface area contributed by atoms with Crippen molar-refractivity contribution in [3.05, 3.63) is 64.2 Å². The molecular formula is C16H10ClNO3. The summed E-state index contributed by atoms with van der Waals surface area (Å²) in [6, 6.07) is 12.7. The fourth-order valence-electron chi connectivity index (χ4n) is 1.75. The van der Waals surface area contributed by atoms with Crippen LogP contribution in [0, 0.1) is 11.3 Å². The Labute approximate surface area is 126 Å². The highest BCUT2D eigenvalue weighted by Gasteiger charge is 2.06. The van der Waals surface area contributed by atoms with Crippen LogP contribution in [0.3, 0.4) is 0 Å². The molecule has 0 heterocycles. The quantitative estimate of drug-likeness (QED) is 0.667. The number of hydrogen-bond donors (Lipinski definition) is 2. The molecule has 2 rings (SSSR count). The Morgan fingerprint density at radius 3 is 2.29 bits per heavy atom. The number of carboxylic acid groups (broad SMARTS) is 1. The van der Waals surface area contributed by atoms with E-state index in [1.54, 1.807) is 30.3 Å². The Morgan fingerprint density at radius 2 is 1.76 bits per heavy atom. The number of phenols is 1. The summed E-state index contributed by atoms with van der Waals surface area (Å²) < 4.78 is 0. The van der Waals surface area contributed by atoms with Gasteiger partial charge in [-0.2, -0.15) is 5.26 Å². The van der Waals surface area contributed by atoms with E-state index in [0.717, 1.165) is 0 Å². The zero-order valence-corrected chi connectivity index (χ0v) is 11.5. The second-order valence-electron chi connectivity index (χ2n) is 4.26. The Morgan fingerprint density at radius 1 is 1.14 bits per heavy atom. The molecule has 5 heteroatoms. The molecular weight excluding hydrogens is 290 g/mol. The average Bonchev–Trinajstić information content (AvgIpc) is 2.48. The van der Waals surface area contributed by atoms with E-state index in [2.05, 4.69) is 6.07 Å². The third-order valence-electron chi connectivity index (χ3n) is 2.85.